The van der Waals surface area contributed by atoms with Crippen molar-refractivity contribution in [1.29, 1.82) is 0 Å². The molecular formula is C16H13ClNOY-. The van der Waals surface area contributed by atoms with Crippen LogP contribution in [-0.4, -0.2) is 13.1 Å². The van der Waals surface area contributed by atoms with Gasteiger partial charge in [0.25, 0.3) is 0 Å². The molecular weight excluding hydrogens is 347 g/mol. The van der Waals surface area contributed by atoms with Gasteiger partial charge in [-0.3, -0.25) is 0 Å². The fourth-order valence-electron chi connectivity index (χ4n) is 3.16. The summed E-state index contributed by atoms with van der Waals surface area (Å²) in [6, 6.07) is 15.0. The molecule has 0 unspecified atom stereocenters. The number of benzene rings is 2. The van der Waals surface area contributed by atoms with E-state index in [1.54, 1.807) is 0 Å². The maximum atomic E-state index is 6.15. The number of fused-ring (bicyclic) bond motifs is 5. The Hall–Kier alpha value is -0.406. The molecule has 2 aromatic carbocycles. The Balaban J connectivity index is 0.00000121. The van der Waals surface area contributed by atoms with Gasteiger partial charge in [0.15, 0.2) is 0 Å². The fourth-order valence-corrected chi connectivity index (χ4v) is 3.35. The van der Waals surface area contributed by atoms with E-state index in [4.69, 9.17) is 16.3 Å². The minimum Gasteiger partial charge on any atom is -0.482 e. The molecule has 2 aromatic rings. The van der Waals surface area contributed by atoms with Crippen LogP contribution in [0.1, 0.15) is 23.0 Å². The molecule has 20 heavy (non-hydrogen) atoms. The Labute approximate surface area is 148 Å². The van der Waals surface area contributed by atoms with Crippen LogP contribution in [-0.2, 0) is 32.7 Å². The molecule has 2 atom stereocenters. The van der Waals surface area contributed by atoms with Crippen molar-refractivity contribution in [1.82, 2.24) is 5.32 Å². The van der Waals surface area contributed by atoms with Gasteiger partial charge in [0.1, 0.15) is 5.75 Å². The van der Waals surface area contributed by atoms with Crippen molar-refractivity contribution in [2.45, 2.75) is 11.8 Å². The van der Waals surface area contributed by atoms with Crippen LogP contribution in [0.25, 0.3) is 0 Å². The van der Waals surface area contributed by atoms with Gasteiger partial charge in [0.05, 0.1) is 0 Å². The fraction of sp³-hybridized carbons (Fsp3) is 0.250. The first kappa shape index (κ1) is 14.5. The van der Waals surface area contributed by atoms with Gasteiger partial charge in [-0.25, -0.2) is 0 Å². The number of rotatable bonds is 0. The molecule has 0 bridgehead atoms. The van der Waals surface area contributed by atoms with Gasteiger partial charge in [0.2, 0.25) is 0 Å². The van der Waals surface area contributed by atoms with Crippen LogP contribution in [0.2, 0.25) is 5.02 Å². The van der Waals surface area contributed by atoms with E-state index in [-0.39, 0.29) is 32.7 Å². The molecule has 2 heterocycles. The first-order valence-corrected chi connectivity index (χ1v) is 6.89. The summed E-state index contributed by atoms with van der Waals surface area (Å²) in [5, 5.41) is 4.25. The molecule has 0 spiro atoms. The van der Waals surface area contributed by atoms with Crippen LogP contribution in [0.3, 0.4) is 0 Å². The molecule has 99 valence electrons. The average Bonchev–Trinajstić information content (AvgIpc) is 2.86. The van der Waals surface area contributed by atoms with Gasteiger partial charge in [-0.15, -0.1) is 11.6 Å². The van der Waals surface area contributed by atoms with Crippen molar-refractivity contribution in [3.8, 4) is 11.5 Å². The van der Waals surface area contributed by atoms with E-state index in [9.17, 15) is 0 Å². The Morgan fingerprint density at radius 2 is 1.85 bits per heavy atom. The minimum atomic E-state index is 0. The molecule has 0 aliphatic carbocycles. The second kappa shape index (κ2) is 5.77. The van der Waals surface area contributed by atoms with E-state index in [1.807, 2.05) is 36.4 Å². The zero-order valence-corrected chi connectivity index (χ0v) is 14.5. The average molecular weight is 360 g/mol. The van der Waals surface area contributed by atoms with E-state index < -0.39 is 0 Å². The maximum absolute atomic E-state index is 6.15. The second-order valence-electron chi connectivity index (χ2n) is 5.12. The summed E-state index contributed by atoms with van der Waals surface area (Å²) in [6.45, 7) is 1.94. The molecule has 2 nitrogen and oxygen atoms in total. The van der Waals surface area contributed by atoms with Crippen molar-refractivity contribution in [2.24, 2.45) is 0 Å². The third-order valence-corrected chi connectivity index (χ3v) is 4.29. The van der Waals surface area contributed by atoms with Crippen molar-refractivity contribution in [3.63, 3.8) is 0 Å². The van der Waals surface area contributed by atoms with Crippen LogP contribution in [0.15, 0.2) is 36.4 Å². The van der Waals surface area contributed by atoms with Gasteiger partial charge in [0, 0.05) is 55.6 Å². The van der Waals surface area contributed by atoms with E-state index in [2.05, 4.69) is 11.4 Å². The molecule has 4 rings (SSSR count). The minimum absolute atomic E-state index is 0. The largest absolute Gasteiger partial charge is 0.482 e. The van der Waals surface area contributed by atoms with E-state index in [1.165, 1.54) is 11.1 Å². The van der Waals surface area contributed by atoms with Gasteiger partial charge >= 0.3 is 0 Å². The molecule has 1 fully saturated rings. The van der Waals surface area contributed by atoms with Crippen molar-refractivity contribution < 1.29 is 37.4 Å². The van der Waals surface area contributed by atoms with Crippen molar-refractivity contribution >= 4 is 11.6 Å². The zero-order valence-electron chi connectivity index (χ0n) is 10.9. The smallest absolute Gasteiger partial charge is 0.127 e. The number of hydrogen-bond donors (Lipinski definition) is 1. The topological polar surface area (TPSA) is 21.3 Å². The molecule has 0 saturated carbocycles. The van der Waals surface area contributed by atoms with E-state index in [0.29, 0.717) is 11.8 Å². The summed E-state index contributed by atoms with van der Waals surface area (Å²) in [4.78, 5) is 0. The van der Waals surface area contributed by atoms with Crippen LogP contribution >= 0.6 is 11.6 Å². The summed E-state index contributed by atoms with van der Waals surface area (Å²) in [7, 11) is 0. The van der Waals surface area contributed by atoms with Crippen LogP contribution in [0, 0.1) is 6.07 Å². The Morgan fingerprint density at radius 1 is 1.10 bits per heavy atom. The predicted octanol–water partition coefficient (Wildman–Crippen LogP) is 3.71. The van der Waals surface area contributed by atoms with Gasteiger partial charge in [-0.05, 0) is 36.6 Å². The van der Waals surface area contributed by atoms with Crippen LogP contribution in [0.5, 0.6) is 11.5 Å². The first-order valence-electron chi connectivity index (χ1n) is 6.51. The number of nitrogens with one attached hydrogen (secondary N) is 1. The van der Waals surface area contributed by atoms with Gasteiger partial charge in [-0.2, -0.15) is 18.2 Å². The molecule has 1 saturated heterocycles. The summed E-state index contributed by atoms with van der Waals surface area (Å²) in [5.41, 5.74) is 2.45. The summed E-state index contributed by atoms with van der Waals surface area (Å²) >= 11 is 6.15. The monoisotopic (exact) mass is 359 g/mol. The van der Waals surface area contributed by atoms with Crippen molar-refractivity contribution in [3.05, 3.63) is 58.6 Å². The molecule has 2 aliphatic heterocycles. The summed E-state index contributed by atoms with van der Waals surface area (Å²) in [5.74, 6) is 2.73. The van der Waals surface area contributed by atoms with Crippen LogP contribution < -0.4 is 10.1 Å². The number of halogens is 1. The van der Waals surface area contributed by atoms with Crippen LogP contribution in [0.4, 0.5) is 0 Å². The zero-order chi connectivity index (χ0) is 12.8. The van der Waals surface area contributed by atoms with E-state index in [0.717, 1.165) is 29.6 Å². The van der Waals surface area contributed by atoms with Gasteiger partial charge < -0.3 is 10.1 Å². The molecule has 2 aliphatic rings. The normalized spacial score (nSPS) is 22.6. The second-order valence-corrected chi connectivity index (χ2v) is 5.56. The van der Waals surface area contributed by atoms with Crippen molar-refractivity contribution in [2.75, 3.05) is 13.1 Å². The summed E-state index contributed by atoms with van der Waals surface area (Å²) < 4.78 is 6.09. The molecule has 1 radical (unpaired) electrons. The number of ether oxygens (including phenoxy) is 1. The predicted molar refractivity (Wildman–Crippen MR) is 75.2 cm³/mol. The Bertz CT molecular complexity index is 646. The SMILES string of the molecule is Clc1ccc2c(c1)[C@H]1CNC[C@@H]1c1c[c-]ccc1O2.[Y]. The first-order chi connectivity index (χ1) is 9.33. The maximum Gasteiger partial charge on any atom is 0.127 e. The van der Waals surface area contributed by atoms with E-state index >= 15 is 0 Å². The molecule has 1 N–H and O–H groups in total. The Kier molecular flexibility index (Phi) is 4.19. The third kappa shape index (κ3) is 2.33. The Morgan fingerprint density at radius 3 is 2.70 bits per heavy atom. The number of hydrogen-bond acceptors (Lipinski definition) is 2. The quantitative estimate of drug-likeness (QED) is 0.724. The third-order valence-electron chi connectivity index (χ3n) is 4.06. The van der Waals surface area contributed by atoms with Gasteiger partial charge in [-0.1, -0.05) is 11.6 Å². The molecule has 0 aromatic heterocycles. The standard InChI is InChI=1S/C16H13ClNO.Y/c17-10-5-6-16-12(7-10)14-9-18-8-13(14)11-3-1-2-4-15(11)19-16;/h2-7,13-14,18H,8-9H2;/q-1;/t13-,14-;/m1./s1. The summed E-state index contributed by atoms with van der Waals surface area (Å²) in [6.07, 6.45) is 0. The molecule has 4 heteroatoms. The molecule has 0 amide bonds.